The maximum Gasteiger partial charge on any atom is 0.409 e. The standard InChI is InChI=1S/C54H63F2N9O6/c1-27(2)43(58-26-66)51(69)65-34-13-9-33(19-34)46(65)48-59-39-16-12-31(22-40(39)60-48)30-10-14-35-36-15-11-32(21-38(36)54(55,56)37(35)20-30)41-24-57-47(61-41)42-23-53(17-18-53)25-64(42)50(68)44(28(3)4)62-49(67)45(29(5)6)63(7)52(70)71-8/h10-12,14-16,20-22,24,26-29,33-34,42-46H,9,13,17-19,23,25H2,1-8H3,(H,57,61)(H,58,66)(H,59,60)(H,62,67). The molecule has 17 heteroatoms. The van der Waals surface area contributed by atoms with E-state index in [1.807, 2.05) is 76.8 Å². The number of nitrogens with one attached hydrogen (secondary N) is 4. The van der Waals surface area contributed by atoms with Crippen molar-refractivity contribution in [3.05, 3.63) is 83.6 Å². The number of carbonyl (C=O) groups excluding carboxylic acids is 5. The highest BCUT2D eigenvalue weighted by Crippen LogP contribution is 2.59. The molecule has 10 rings (SSSR count). The quantitative estimate of drug-likeness (QED) is 0.0799. The van der Waals surface area contributed by atoms with Crippen LogP contribution in [-0.4, -0.2) is 110 Å². The lowest BCUT2D eigenvalue weighted by Crippen LogP contribution is -2.57. The Hall–Kier alpha value is -6.65. The minimum absolute atomic E-state index is 0.0509. The molecule has 2 saturated heterocycles. The predicted molar refractivity (Wildman–Crippen MR) is 262 cm³/mol. The number of hydrogen-bond acceptors (Lipinski definition) is 8. The van der Waals surface area contributed by atoms with Gasteiger partial charge >= 0.3 is 6.09 Å². The van der Waals surface area contributed by atoms with Gasteiger partial charge in [0.25, 0.3) is 5.92 Å². The van der Waals surface area contributed by atoms with Crippen LogP contribution in [0.5, 0.6) is 0 Å². The van der Waals surface area contributed by atoms with Gasteiger partial charge in [-0.15, -0.1) is 0 Å². The summed E-state index contributed by atoms with van der Waals surface area (Å²) in [6.45, 7) is 11.7. The lowest BCUT2D eigenvalue weighted by Gasteiger charge is -2.37. The van der Waals surface area contributed by atoms with E-state index in [1.54, 1.807) is 29.3 Å². The van der Waals surface area contributed by atoms with Crippen LogP contribution in [0.4, 0.5) is 13.6 Å². The molecule has 5 amide bonds. The number of H-pyrrole nitrogens is 2. The molecule has 4 fully saturated rings. The SMILES string of the molecule is COC(=O)N(C)C(C(=O)NC(C(=O)N1CC2(CC2)CC1c1ncc(-c2ccc3c(c2)C(F)(F)c2cc(-c4ccc5nc(C6C7CCC(C7)N6C(=O)C(NC=O)C(C)C)[nH]c5c4)ccc2-3)[nH]1)C(C)C)C(C)C. The normalized spacial score (nSPS) is 22.5. The van der Waals surface area contributed by atoms with Crippen molar-refractivity contribution in [1.29, 1.82) is 0 Å². The Morgan fingerprint density at radius 2 is 1.51 bits per heavy atom. The number of imidazole rings is 2. The van der Waals surface area contributed by atoms with Crippen LogP contribution in [0.25, 0.3) is 44.5 Å². The highest BCUT2D eigenvalue weighted by molar-refractivity contribution is 5.92. The van der Waals surface area contributed by atoms with Crippen LogP contribution in [0.2, 0.25) is 0 Å². The number of nitrogens with zero attached hydrogens (tertiary/aromatic N) is 5. The summed E-state index contributed by atoms with van der Waals surface area (Å²) in [6, 6.07) is 13.0. The lowest BCUT2D eigenvalue weighted by atomic mass is 9.95. The van der Waals surface area contributed by atoms with E-state index in [0.717, 1.165) is 43.2 Å². The summed E-state index contributed by atoms with van der Waals surface area (Å²) in [6.07, 6.45) is 6.95. The fourth-order valence-corrected chi connectivity index (χ4v) is 12.2. The molecule has 4 N–H and O–H groups in total. The number of rotatable bonds is 14. The van der Waals surface area contributed by atoms with Crippen LogP contribution in [0.15, 0.2) is 60.8 Å². The number of likely N-dealkylation sites (N-methyl/N-ethyl adjacent to an activating group) is 1. The number of piperidine rings is 1. The number of methoxy groups -OCH3 is 1. The van der Waals surface area contributed by atoms with Crippen molar-refractivity contribution in [3.63, 3.8) is 0 Å². The van der Waals surface area contributed by atoms with Gasteiger partial charge in [-0.2, -0.15) is 8.78 Å². The van der Waals surface area contributed by atoms with Crippen molar-refractivity contribution in [2.24, 2.45) is 29.1 Å². The van der Waals surface area contributed by atoms with Crippen molar-refractivity contribution < 1.29 is 37.5 Å². The molecule has 5 aliphatic rings. The molecule has 5 aromatic rings. The monoisotopic (exact) mass is 971 g/mol. The number of alkyl halides is 2. The van der Waals surface area contributed by atoms with Crippen LogP contribution in [0, 0.1) is 29.1 Å². The molecule has 7 unspecified atom stereocenters. The van der Waals surface area contributed by atoms with Gasteiger partial charge in [-0.3, -0.25) is 24.1 Å². The van der Waals surface area contributed by atoms with Crippen LogP contribution in [-0.2, 0) is 29.8 Å². The van der Waals surface area contributed by atoms with Gasteiger partial charge in [0, 0.05) is 36.3 Å². The van der Waals surface area contributed by atoms with Crippen molar-refractivity contribution >= 4 is 41.3 Å². The number of aromatic nitrogens is 4. The summed E-state index contributed by atoms with van der Waals surface area (Å²) in [7, 11) is 2.76. The van der Waals surface area contributed by atoms with E-state index < -0.39 is 42.1 Å². The third-order valence-corrected chi connectivity index (χ3v) is 16.1. The number of carbonyl (C=O) groups is 5. The molecule has 15 nitrogen and oxygen atoms in total. The molecular formula is C54H63F2N9O6. The topological polar surface area (TPSA) is 186 Å². The van der Waals surface area contributed by atoms with Gasteiger partial charge in [0.2, 0.25) is 24.1 Å². The van der Waals surface area contributed by atoms with E-state index >= 15 is 8.78 Å². The average Bonchev–Trinajstić information content (AvgIpc) is 4.00. The Labute approximate surface area is 411 Å². The van der Waals surface area contributed by atoms with Crippen molar-refractivity contribution in [3.8, 4) is 33.5 Å². The molecule has 2 saturated carbocycles. The number of hydrogen-bond donors (Lipinski definition) is 4. The smallest absolute Gasteiger partial charge is 0.409 e. The number of halogens is 2. The zero-order valence-electron chi connectivity index (χ0n) is 41.5. The summed E-state index contributed by atoms with van der Waals surface area (Å²) in [5, 5.41) is 5.70. The summed E-state index contributed by atoms with van der Waals surface area (Å²) in [5.41, 5.74) is 4.55. The Morgan fingerprint density at radius 1 is 0.845 bits per heavy atom. The first-order valence-electron chi connectivity index (χ1n) is 25.0. The molecule has 7 atom stereocenters. The number of likely N-dealkylation sites (tertiary alicyclic amines) is 2. The van der Waals surface area contributed by atoms with Gasteiger partial charge in [-0.25, -0.2) is 14.8 Å². The van der Waals surface area contributed by atoms with E-state index in [-0.39, 0.29) is 64.1 Å². The zero-order chi connectivity index (χ0) is 50.4. The zero-order valence-corrected chi connectivity index (χ0v) is 41.5. The van der Waals surface area contributed by atoms with Crippen molar-refractivity contribution in [2.45, 2.75) is 122 Å². The lowest BCUT2D eigenvalue weighted by molar-refractivity contribution is -0.140. The maximum absolute atomic E-state index is 16.8. The van der Waals surface area contributed by atoms with Crippen LogP contribution in [0.1, 0.15) is 115 Å². The van der Waals surface area contributed by atoms with Gasteiger partial charge in [0.15, 0.2) is 0 Å². The molecular weight excluding hydrogens is 909 g/mol. The first-order chi connectivity index (χ1) is 33.8. The minimum atomic E-state index is -3.31. The van der Waals surface area contributed by atoms with E-state index in [4.69, 9.17) is 14.7 Å². The van der Waals surface area contributed by atoms with Crippen molar-refractivity contribution in [1.82, 2.24) is 45.3 Å². The Bertz CT molecular complexity index is 2940. The first kappa shape index (κ1) is 48.0. The number of amides is 5. The molecule has 1 spiro atoms. The molecule has 4 heterocycles. The third-order valence-electron chi connectivity index (χ3n) is 16.1. The largest absolute Gasteiger partial charge is 0.453 e. The molecule has 71 heavy (non-hydrogen) atoms. The number of aromatic amines is 2. The van der Waals surface area contributed by atoms with E-state index in [0.29, 0.717) is 64.5 Å². The Balaban J connectivity index is 0.879. The fourth-order valence-electron chi connectivity index (χ4n) is 12.2. The second-order valence-electron chi connectivity index (χ2n) is 21.7. The summed E-state index contributed by atoms with van der Waals surface area (Å²) >= 11 is 0. The van der Waals surface area contributed by atoms with Gasteiger partial charge in [0.05, 0.1) is 42.1 Å². The van der Waals surface area contributed by atoms with Gasteiger partial charge < -0.3 is 35.1 Å². The van der Waals surface area contributed by atoms with Crippen LogP contribution < -0.4 is 10.6 Å². The summed E-state index contributed by atoms with van der Waals surface area (Å²) < 4.78 is 38.5. The van der Waals surface area contributed by atoms with Crippen LogP contribution >= 0.6 is 0 Å². The van der Waals surface area contributed by atoms with Crippen molar-refractivity contribution in [2.75, 3.05) is 20.7 Å². The highest BCUT2D eigenvalue weighted by Gasteiger charge is 2.56. The number of ether oxygens (including phenoxy) is 1. The summed E-state index contributed by atoms with van der Waals surface area (Å²) in [4.78, 5) is 87.6. The molecule has 3 aliphatic carbocycles. The van der Waals surface area contributed by atoms with E-state index in [1.165, 1.54) is 25.1 Å². The van der Waals surface area contributed by atoms with Gasteiger partial charge in [-0.05, 0) is 114 Å². The summed E-state index contributed by atoms with van der Waals surface area (Å²) in [5.74, 6) is -3.24. The average molecular weight is 972 g/mol. The van der Waals surface area contributed by atoms with E-state index in [9.17, 15) is 24.0 Å². The second kappa shape index (κ2) is 17.9. The highest BCUT2D eigenvalue weighted by atomic mass is 19.3. The second-order valence-corrected chi connectivity index (χ2v) is 21.7. The molecule has 2 aromatic heterocycles. The number of benzene rings is 3. The minimum Gasteiger partial charge on any atom is -0.453 e. The third kappa shape index (κ3) is 8.22. The molecule has 2 aliphatic heterocycles. The van der Waals surface area contributed by atoms with Crippen LogP contribution in [0.3, 0.4) is 0 Å². The predicted octanol–water partition coefficient (Wildman–Crippen LogP) is 8.48. The van der Waals surface area contributed by atoms with Gasteiger partial charge in [-0.1, -0.05) is 71.9 Å². The number of fused-ring (bicyclic) bond motifs is 6. The van der Waals surface area contributed by atoms with E-state index in [2.05, 4.69) is 20.6 Å². The Morgan fingerprint density at radius 3 is 2.15 bits per heavy atom. The fraction of sp³-hybridized carbons (Fsp3) is 0.500. The molecule has 3 aromatic carbocycles. The molecule has 374 valence electrons. The maximum atomic E-state index is 16.8. The Kier molecular flexibility index (Phi) is 12.1. The first-order valence-corrected chi connectivity index (χ1v) is 25.0. The van der Waals surface area contributed by atoms with Gasteiger partial charge in [0.1, 0.15) is 29.8 Å². The molecule has 2 bridgehead atoms. The molecule has 0 radical (unpaired) electrons.